The fourth-order valence-corrected chi connectivity index (χ4v) is 3.36. The van der Waals surface area contributed by atoms with Crippen molar-refractivity contribution in [3.05, 3.63) is 29.3 Å². The van der Waals surface area contributed by atoms with E-state index >= 15 is 0 Å². The van der Waals surface area contributed by atoms with Crippen LogP contribution in [0.25, 0.3) is 0 Å². The summed E-state index contributed by atoms with van der Waals surface area (Å²) in [6.07, 6.45) is -4.79. The van der Waals surface area contributed by atoms with E-state index in [9.17, 15) is 37.1 Å². The van der Waals surface area contributed by atoms with Crippen LogP contribution in [-0.4, -0.2) is 52.4 Å². The van der Waals surface area contributed by atoms with Gasteiger partial charge in [0, 0.05) is 25.4 Å². The van der Waals surface area contributed by atoms with Crippen LogP contribution in [0, 0.1) is 0 Å². The van der Waals surface area contributed by atoms with Gasteiger partial charge in [0.05, 0.1) is 11.1 Å². The lowest BCUT2D eigenvalue weighted by atomic mass is 10.1. The van der Waals surface area contributed by atoms with Crippen molar-refractivity contribution < 1.29 is 41.9 Å². The van der Waals surface area contributed by atoms with Crippen LogP contribution < -0.4 is 21.1 Å². The molecular weight excluding hydrogens is 475 g/mol. The molecule has 0 saturated carbocycles. The SMILES string of the molecule is CC(=O)NC(CSC(=O)c1ccc(C(F)(F)F)cc1OC(=O)C(CS)NC(C)=O)C(N)=O. The lowest BCUT2D eigenvalue weighted by Crippen LogP contribution is -2.45. The predicted octanol–water partition coefficient (Wildman–Crippen LogP) is 0.909. The van der Waals surface area contributed by atoms with E-state index in [1.165, 1.54) is 0 Å². The van der Waals surface area contributed by atoms with Crippen molar-refractivity contribution in [2.75, 3.05) is 11.5 Å². The van der Waals surface area contributed by atoms with Crippen LogP contribution in [0.5, 0.6) is 5.75 Å². The molecule has 176 valence electrons. The second-order valence-corrected chi connectivity index (χ2v) is 7.68. The topological polar surface area (TPSA) is 145 Å². The number of primary amides is 1. The maximum atomic E-state index is 13.1. The van der Waals surface area contributed by atoms with Gasteiger partial charge in [-0.05, 0) is 18.2 Å². The van der Waals surface area contributed by atoms with Crippen LogP contribution in [0.3, 0.4) is 0 Å². The second-order valence-electron chi connectivity index (χ2n) is 6.32. The van der Waals surface area contributed by atoms with Crippen molar-refractivity contribution in [2.24, 2.45) is 5.73 Å². The third-order valence-electron chi connectivity index (χ3n) is 3.69. The molecule has 3 amide bonds. The van der Waals surface area contributed by atoms with Crippen LogP contribution in [0.2, 0.25) is 0 Å². The lowest BCUT2D eigenvalue weighted by molar-refractivity contribution is -0.140. The number of thiol groups is 1. The molecule has 0 aromatic heterocycles. The largest absolute Gasteiger partial charge is 0.424 e. The van der Waals surface area contributed by atoms with E-state index in [4.69, 9.17) is 10.5 Å². The fourth-order valence-electron chi connectivity index (χ4n) is 2.23. The quantitative estimate of drug-likeness (QED) is 0.226. The molecule has 4 N–H and O–H groups in total. The van der Waals surface area contributed by atoms with Gasteiger partial charge in [-0.2, -0.15) is 25.8 Å². The summed E-state index contributed by atoms with van der Waals surface area (Å²) in [5, 5.41) is 3.61. The average molecular weight is 496 g/mol. The van der Waals surface area contributed by atoms with E-state index in [0.29, 0.717) is 23.9 Å². The van der Waals surface area contributed by atoms with E-state index < -0.39 is 63.9 Å². The van der Waals surface area contributed by atoms with Gasteiger partial charge in [0.1, 0.15) is 17.8 Å². The van der Waals surface area contributed by atoms with Crippen molar-refractivity contribution >= 4 is 53.2 Å². The summed E-state index contributed by atoms with van der Waals surface area (Å²) in [5.74, 6) is -4.48. The molecule has 2 unspecified atom stereocenters. The molecule has 14 heteroatoms. The molecule has 0 fully saturated rings. The Kier molecular flexibility index (Phi) is 10.0. The Morgan fingerprint density at radius 3 is 2.12 bits per heavy atom. The summed E-state index contributed by atoms with van der Waals surface area (Å²) in [4.78, 5) is 58.6. The summed E-state index contributed by atoms with van der Waals surface area (Å²) in [6, 6.07) is -0.592. The number of alkyl halides is 3. The molecule has 0 saturated heterocycles. The number of carbonyl (C=O) groups excluding carboxylic acids is 5. The minimum atomic E-state index is -4.79. The maximum absolute atomic E-state index is 13.1. The van der Waals surface area contributed by atoms with Crippen molar-refractivity contribution in [3.8, 4) is 5.75 Å². The van der Waals surface area contributed by atoms with Crippen LogP contribution >= 0.6 is 24.4 Å². The smallest absolute Gasteiger partial charge is 0.416 e. The van der Waals surface area contributed by atoms with Crippen LogP contribution in [-0.2, 0) is 25.4 Å². The highest BCUT2D eigenvalue weighted by Crippen LogP contribution is 2.34. The number of carbonyl (C=O) groups is 5. The zero-order valence-electron chi connectivity index (χ0n) is 16.8. The maximum Gasteiger partial charge on any atom is 0.416 e. The van der Waals surface area contributed by atoms with Crippen LogP contribution in [0.15, 0.2) is 18.2 Å². The molecule has 0 bridgehead atoms. The Morgan fingerprint density at radius 1 is 1.09 bits per heavy atom. The van der Waals surface area contributed by atoms with E-state index in [2.05, 4.69) is 23.3 Å². The highest BCUT2D eigenvalue weighted by molar-refractivity contribution is 8.14. The van der Waals surface area contributed by atoms with E-state index in [-0.39, 0.29) is 11.5 Å². The van der Waals surface area contributed by atoms with Crippen molar-refractivity contribution in [3.63, 3.8) is 0 Å². The molecule has 9 nitrogen and oxygen atoms in total. The van der Waals surface area contributed by atoms with Gasteiger partial charge in [0.2, 0.25) is 22.8 Å². The van der Waals surface area contributed by atoms with Gasteiger partial charge < -0.3 is 21.1 Å². The number of halogens is 3. The van der Waals surface area contributed by atoms with Crippen LogP contribution in [0.1, 0.15) is 29.8 Å². The molecule has 0 heterocycles. The molecule has 1 aromatic carbocycles. The molecule has 0 aliphatic carbocycles. The van der Waals surface area contributed by atoms with Gasteiger partial charge in [-0.15, -0.1) is 0 Å². The molecular formula is C18H20F3N3O6S2. The number of ether oxygens (including phenoxy) is 1. The van der Waals surface area contributed by atoms with Gasteiger partial charge in [0.25, 0.3) is 0 Å². The number of hydrogen-bond donors (Lipinski definition) is 4. The van der Waals surface area contributed by atoms with Crippen molar-refractivity contribution in [2.45, 2.75) is 32.1 Å². The third-order valence-corrected chi connectivity index (χ3v) is 5.03. The first kappa shape index (κ1) is 27.3. The Morgan fingerprint density at radius 2 is 1.66 bits per heavy atom. The molecule has 0 radical (unpaired) electrons. The molecule has 1 rings (SSSR count). The predicted molar refractivity (Wildman–Crippen MR) is 112 cm³/mol. The number of esters is 1. The van der Waals surface area contributed by atoms with Crippen molar-refractivity contribution in [1.82, 2.24) is 10.6 Å². The minimum Gasteiger partial charge on any atom is -0.424 e. The Balaban J connectivity index is 3.20. The first-order valence-corrected chi connectivity index (χ1v) is 10.4. The summed E-state index contributed by atoms with van der Waals surface area (Å²) < 4.78 is 44.3. The number of nitrogens with one attached hydrogen (secondary N) is 2. The highest BCUT2D eigenvalue weighted by Gasteiger charge is 2.33. The van der Waals surface area contributed by atoms with Gasteiger partial charge in [-0.3, -0.25) is 19.2 Å². The van der Waals surface area contributed by atoms with E-state index in [1.54, 1.807) is 0 Å². The minimum absolute atomic E-state index is 0.216. The molecule has 32 heavy (non-hydrogen) atoms. The number of benzene rings is 1. The summed E-state index contributed by atoms with van der Waals surface area (Å²) in [7, 11) is 0. The Hall–Kier alpha value is -2.74. The molecule has 2 atom stereocenters. The molecule has 0 spiro atoms. The summed E-state index contributed by atoms with van der Waals surface area (Å²) in [6.45, 7) is 2.24. The average Bonchev–Trinajstić information content (AvgIpc) is 2.67. The second kappa shape index (κ2) is 11.8. The zero-order valence-corrected chi connectivity index (χ0v) is 18.5. The normalized spacial score (nSPS) is 12.9. The van der Waals surface area contributed by atoms with Gasteiger partial charge in [0.15, 0.2) is 0 Å². The van der Waals surface area contributed by atoms with Gasteiger partial charge in [-0.25, -0.2) is 4.79 Å². The Bertz CT molecular complexity index is 910. The number of amides is 3. The van der Waals surface area contributed by atoms with E-state index in [1.807, 2.05) is 0 Å². The third kappa shape index (κ3) is 8.42. The molecule has 0 aliphatic rings. The number of hydrogen-bond acceptors (Lipinski definition) is 8. The summed E-state index contributed by atoms with van der Waals surface area (Å²) in [5.41, 5.74) is 3.56. The van der Waals surface area contributed by atoms with Crippen molar-refractivity contribution in [1.29, 1.82) is 0 Å². The first-order chi connectivity index (χ1) is 14.8. The van der Waals surface area contributed by atoms with Gasteiger partial charge >= 0.3 is 12.1 Å². The fraction of sp³-hybridized carbons (Fsp3) is 0.389. The molecule has 1 aromatic rings. The number of thioether (sulfide) groups is 1. The lowest BCUT2D eigenvalue weighted by Gasteiger charge is -2.17. The first-order valence-electron chi connectivity index (χ1n) is 8.80. The zero-order chi connectivity index (χ0) is 24.6. The molecule has 0 aliphatic heterocycles. The highest BCUT2D eigenvalue weighted by atomic mass is 32.2. The number of rotatable bonds is 9. The van der Waals surface area contributed by atoms with Gasteiger partial charge in [-0.1, -0.05) is 11.8 Å². The van der Waals surface area contributed by atoms with Crippen LogP contribution in [0.4, 0.5) is 13.2 Å². The Labute approximate surface area is 190 Å². The van der Waals surface area contributed by atoms with E-state index in [0.717, 1.165) is 19.9 Å². The number of nitrogens with two attached hydrogens (primary N) is 1. The summed E-state index contributed by atoms with van der Waals surface area (Å²) >= 11 is 4.36. The monoisotopic (exact) mass is 495 g/mol. The standard InChI is InChI=1S/C18H20F3N3O6S2/c1-8(25)23-12(6-31)16(28)30-14-5-10(18(19,20)21)3-4-11(14)17(29)32-7-13(15(22)27)24-9(2)26/h3-5,12-13,31H,6-7H2,1-2H3,(H2,22,27)(H,23,25)(H,24,26).